The van der Waals surface area contributed by atoms with Crippen LogP contribution in [0.15, 0.2) is 30.3 Å². The summed E-state index contributed by atoms with van der Waals surface area (Å²) in [6, 6.07) is 10.1. The standard InChI is InChI=1S/C25H29NO4/c1-13-10-20(29-5)25-16(8-7-9-19(25)28-4)22(13)24-17-11-14(2)26-15(3)23(17)21(30-6)12-18(24)27/h7-10,12,14-15,26-27H,11H2,1-6H3. The van der Waals surface area contributed by atoms with Crippen molar-refractivity contribution in [3.05, 3.63) is 47.0 Å². The lowest BCUT2D eigenvalue weighted by molar-refractivity contribution is 0.377. The van der Waals surface area contributed by atoms with E-state index in [0.717, 1.165) is 56.5 Å². The first-order chi connectivity index (χ1) is 14.4. The highest BCUT2D eigenvalue weighted by molar-refractivity contribution is 6.06. The smallest absolute Gasteiger partial charge is 0.130 e. The van der Waals surface area contributed by atoms with Crippen LogP contribution in [0.5, 0.6) is 23.0 Å². The van der Waals surface area contributed by atoms with Crippen molar-refractivity contribution < 1.29 is 19.3 Å². The summed E-state index contributed by atoms with van der Waals surface area (Å²) in [7, 11) is 4.98. The maximum absolute atomic E-state index is 11.2. The minimum atomic E-state index is 0.123. The maximum Gasteiger partial charge on any atom is 0.130 e. The first kappa shape index (κ1) is 20.4. The number of rotatable bonds is 4. The topological polar surface area (TPSA) is 60.0 Å². The van der Waals surface area contributed by atoms with Gasteiger partial charge in [-0.2, -0.15) is 0 Å². The van der Waals surface area contributed by atoms with Crippen LogP contribution in [0, 0.1) is 6.92 Å². The van der Waals surface area contributed by atoms with Gasteiger partial charge in [-0.3, -0.25) is 0 Å². The van der Waals surface area contributed by atoms with Gasteiger partial charge in [-0.15, -0.1) is 0 Å². The Balaban J connectivity index is 2.15. The lowest BCUT2D eigenvalue weighted by atomic mass is 9.81. The summed E-state index contributed by atoms with van der Waals surface area (Å²) in [5.41, 5.74) is 5.14. The second kappa shape index (κ2) is 7.73. The molecule has 5 nitrogen and oxygen atoms in total. The number of benzene rings is 3. The fourth-order valence-electron chi connectivity index (χ4n) is 4.93. The van der Waals surface area contributed by atoms with E-state index in [9.17, 15) is 5.11 Å². The average Bonchev–Trinajstić information content (AvgIpc) is 2.72. The van der Waals surface area contributed by atoms with Crippen LogP contribution in [0.25, 0.3) is 21.9 Å². The first-order valence-corrected chi connectivity index (χ1v) is 10.2. The zero-order valence-electron chi connectivity index (χ0n) is 18.4. The zero-order chi connectivity index (χ0) is 21.6. The van der Waals surface area contributed by atoms with Gasteiger partial charge < -0.3 is 24.6 Å². The quantitative estimate of drug-likeness (QED) is 0.627. The lowest BCUT2D eigenvalue weighted by Crippen LogP contribution is -2.36. The van der Waals surface area contributed by atoms with Gasteiger partial charge in [0.15, 0.2) is 0 Å². The van der Waals surface area contributed by atoms with Crippen molar-refractivity contribution in [1.82, 2.24) is 5.32 Å². The van der Waals surface area contributed by atoms with Crippen molar-refractivity contribution in [2.24, 2.45) is 0 Å². The first-order valence-electron chi connectivity index (χ1n) is 10.2. The highest BCUT2D eigenvalue weighted by Crippen LogP contribution is 2.49. The van der Waals surface area contributed by atoms with E-state index >= 15 is 0 Å². The van der Waals surface area contributed by atoms with Gasteiger partial charge in [0.25, 0.3) is 0 Å². The van der Waals surface area contributed by atoms with Crippen LogP contribution in [0.4, 0.5) is 0 Å². The number of fused-ring (bicyclic) bond motifs is 2. The van der Waals surface area contributed by atoms with E-state index in [4.69, 9.17) is 14.2 Å². The molecule has 0 amide bonds. The van der Waals surface area contributed by atoms with Gasteiger partial charge in [0.2, 0.25) is 0 Å². The van der Waals surface area contributed by atoms with E-state index in [2.05, 4.69) is 32.2 Å². The van der Waals surface area contributed by atoms with Crippen LogP contribution in [0.3, 0.4) is 0 Å². The molecule has 0 saturated heterocycles. The third-order valence-corrected chi connectivity index (χ3v) is 6.09. The minimum absolute atomic E-state index is 0.123. The largest absolute Gasteiger partial charge is 0.507 e. The van der Waals surface area contributed by atoms with Crippen LogP contribution < -0.4 is 19.5 Å². The van der Waals surface area contributed by atoms with Gasteiger partial charge >= 0.3 is 0 Å². The molecule has 0 fully saturated rings. The number of nitrogens with one attached hydrogen (secondary N) is 1. The molecular weight excluding hydrogens is 378 g/mol. The Morgan fingerprint density at radius 2 is 1.63 bits per heavy atom. The van der Waals surface area contributed by atoms with E-state index in [1.165, 1.54) is 0 Å². The molecule has 2 atom stereocenters. The van der Waals surface area contributed by atoms with Gasteiger partial charge in [0.05, 0.1) is 26.7 Å². The second-order valence-corrected chi connectivity index (χ2v) is 8.01. The Labute approximate surface area is 177 Å². The number of phenolic OH excluding ortho intramolecular Hbond substituents is 1. The van der Waals surface area contributed by atoms with E-state index < -0.39 is 0 Å². The summed E-state index contributed by atoms with van der Waals surface area (Å²) in [5, 5.41) is 16.7. The molecule has 1 heterocycles. The number of phenols is 1. The average molecular weight is 408 g/mol. The highest BCUT2D eigenvalue weighted by Gasteiger charge is 2.30. The van der Waals surface area contributed by atoms with E-state index in [0.29, 0.717) is 5.75 Å². The molecule has 3 aromatic carbocycles. The molecule has 1 aliphatic rings. The zero-order valence-corrected chi connectivity index (χ0v) is 18.4. The number of methoxy groups -OCH3 is 3. The molecule has 4 rings (SSSR count). The van der Waals surface area contributed by atoms with Crippen molar-refractivity contribution in [1.29, 1.82) is 0 Å². The molecule has 1 aliphatic heterocycles. The fourth-order valence-corrected chi connectivity index (χ4v) is 4.93. The van der Waals surface area contributed by atoms with E-state index in [-0.39, 0.29) is 17.8 Å². The Bertz CT molecular complexity index is 1120. The van der Waals surface area contributed by atoms with Crippen molar-refractivity contribution >= 4 is 10.8 Å². The monoisotopic (exact) mass is 407 g/mol. The summed E-state index contributed by atoms with van der Waals surface area (Å²) in [4.78, 5) is 0. The predicted octanol–water partition coefficient (Wildman–Crippen LogP) is 5.14. The number of ether oxygens (including phenoxy) is 3. The summed E-state index contributed by atoms with van der Waals surface area (Å²) in [6.07, 6.45) is 0.802. The van der Waals surface area contributed by atoms with Crippen molar-refractivity contribution in [3.8, 4) is 34.1 Å². The highest BCUT2D eigenvalue weighted by atomic mass is 16.5. The third kappa shape index (κ3) is 3.05. The Kier molecular flexibility index (Phi) is 5.24. The van der Waals surface area contributed by atoms with Crippen LogP contribution in [0.2, 0.25) is 0 Å². The third-order valence-electron chi connectivity index (χ3n) is 6.09. The van der Waals surface area contributed by atoms with Gasteiger partial charge in [-0.05, 0) is 61.4 Å². The van der Waals surface area contributed by atoms with Crippen LogP contribution in [0.1, 0.15) is 36.6 Å². The molecule has 0 aliphatic carbocycles. The number of aromatic hydroxyl groups is 1. The van der Waals surface area contributed by atoms with Crippen molar-refractivity contribution in [2.75, 3.05) is 21.3 Å². The normalized spacial score (nSPS) is 18.2. The minimum Gasteiger partial charge on any atom is -0.507 e. The van der Waals surface area contributed by atoms with Crippen LogP contribution in [-0.2, 0) is 6.42 Å². The number of hydrogen-bond donors (Lipinski definition) is 2. The second-order valence-electron chi connectivity index (χ2n) is 8.01. The van der Waals surface area contributed by atoms with Crippen LogP contribution in [-0.4, -0.2) is 32.5 Å². The fraction of sp³-hybridized carbons (Fsp3) is 0.360. The molecule has 2 unspecified atom stereocenters. The molecule has 3 aromatic rings. The summed E-state index contributed by atoms with van der Waals surface area (Å²) in [5.74, 6) is 2.44. The van der Waals surface area contributed by atoms with Gasteiger partial charge in [-0.25, -0.2) is 0 Å². The number of hydrogen-bond acceptors (Lipinski definition) is 5. The summed E-state index contributed by atoms with van der Waals surface area (Å²) >= 11 is 0. The molecule has 158 valence electrons. The van der Waals surface area contributed by atoms with Gasteiger partial charge in [-0.1, -0.05) is 12.1 Å². The van der Waals surface area contributed by atoms with Gasteiger partial charge in [0.1, 0.15) is 23.0 Å². The molecule has 0 aromatic heterocycles. The maximum atomic E-state index is 11.2. The molecular formula is C25H29NO4. The van der Waals surface area contributed by atoms with Crippen molar-refractivity contribution in [3.63, 3.8) is 0 Å². The molecule has 0 saturated carbocycles. The SMILES string of the molecule is COc1cc(O)c(-c2c(C)cc(OC)c3c(OC)cccc23)c2c1C(C)NC(C)C2. The molecule has 2 N–H and O–H groups in total. The summed E-state index contributed by atoms with van der Waals surface area (Å²) in [6.45, 7) is 6.36. The van der Waals surface area contributed by atoms with Crippen LogP contribution >= 0.6 is 0 Å². The Morgan fingerprint density at radius 3 is 2.30 bits per heavy atom. The van der Waals surface area contributed by atoms with E-state index in [1.54, 1.807) is 27.4 Å². The van der Waals surface area contributed by atoms with Gasteiger partial charge in [0, 0.05) is 29.3 Å². The molecule has 5 heteroatoms. The van der Waals surface area contributed by atoms with Crippen molar-refractivity contribution in [2.45, 2.75) is 39.3 Å². The lowest BCUT2D eigenvalue weighted by Gasteiger charge is -2.33. The summed E-state index contributed by atoms with van der Waals surface area (Å²) < 4.78 is 17.0. The number of aryl methyl sites for hydroxylation is 1. The molecule has 30 heavy (non-hydrogen) atoms. The van der Waals surface area contributed by atoms with E-state index in [1.807, 2.05) is 18.2 Å². The Morgan fingerprint density at radius 1 is 0.933 bits per heavy atom. The molecule has 0 spiro atoms. The molecule has 0 bridgehead atoms. The Hall–Kier alpha value is -2.92. The predicted molar refractivity (Wildman–Crippen MR) is 120 cm³/mol. The molecule has 0 radical (unpaired) electrons.